The summed E-state index contributed by atoms with van der Waals surface area (Å²) in [7, 11) is 1.30. The van der Waals surface area contributed by atoms with Crippen LogP contribution in [0.2, 0.25) is 0 Å². The van der Waals surface area contributed by atoms with E-state index in [4.69, 9.17) is 9.47 Å². The Morgan fingerprint density at radius 1 is 1.08 bits per heavy atom. The normalized spacial score (nSPS) is 10.5. The molecule has 2 aromatic rings. The van der Waals surface area contributed by atoms with Crippen molar-refractivity contribution in [3.05, 3.63) is 65.7 Å². The maximum Gasteiger partial charge on any atom is 0.339 e. The Kier molecular flexibility index (Phi) is 6.77. The van der Waals surface area contributed by atoms with Crippen LogP contribution in [-0.4, -0.2) is 25.6 Å². The quantitative estimate of drug-likeness (QED) is 0.613. The smallest absolute Gasteiger partial charge is 0.339 e. The van der Waals surface area contributed by atoms with E-state index in [-0.39, 0.29) is 5.91 Å². The summed E-state index contributed by atoms with van der Waals surface area (Å²) in [6, 6.07) is 14.2. The van der Waals surface area contributed by atoms with Crippen LogP contribution in [0.3, 0.4) is 0 Å². The molecule has 0 radical (unpaired) electrons. The number of nitrogens with one attached hydrogen (secondary N) is 1. The number of hydrogen-bond donors (Lipinski definition) is 1. The van der Waals surface area contributed by atoms with E-state index in [1.165, 1.54) is 13.2 Å². The predicted molar refractivity (Wildman–Crippen MR) is 97.7 cm³/mol. The van der Waals surface area contributed by atoms with Gasteiger partial charge >= 0.3 is 5.97 Å². The molecule has 2 aromatic carbocycles. The van der Waals surface area contributed by atoms with E-state index in [2.05, 4.69) is 5.32 Å². The van der Waals surface area contributed by atoms with Crippen LogP contribution in [-0.2, 0) is 9.53 Å². The number of ether oxygens (including phenoxy) is 2. The van der Waals surface area contributed by atoms with Gasteiger partial charge in [-0.3, -0.25) is 4.79 Å². The molecule has 1 amide bonds. The SMILES string of the molecule is CCCOc1ccccc1C=CC(=O)Nc1ccccc1C(=O)OC. The van der Waals surface area contributed by atoms with Gasteiger partial charge in [0.05, 0.1) is 25.0 Å². The van der Waals surface area contributed by atoms with Crippen LogP contribution in [0.5, 0.6) is 5.75 Å². The van der Waals surface area contributed by atoms with E-state index in [9.17, 15) is 9.59 Å². The second-order valence-corrected chi connectivity index (χ2v) is 5.25. The Bertz CT molecular complexity index is 768. The fourth-order valence-electron chi connectivity index (χ4n) is 2.18. The van der Waals surface area contributed by atoms with Gasteiger partial charge in [0.25, 0.3) is 0 Å². The first-order chi connectivity index (χ1) is 12.2. The first kappa shape index (κ1) is 18.3. The maximum absolute atomic E-state index is 12.2. The second kappa shape index (κ2) is 9.27. The van der Waals surface area contributed by atoms with E-state index in [1.807, 2.05) is 31.2 Å². The van der Waals surface area contributed by atoms with Crippen molar-refractivity contribution in [2.24, 2.45) is 0 Å². The van der Waals surface area contributed by atoms with Gasteiger partial charge in [0.15, 0.2) is 0 Å². The number of para-hydroxylation sites is 2. The number of carbonyl (C=O) groups is 2. The third-order valence-electron chi connectivity index (χ3n) is 3.39. The van der Waals surface area contributed by atoms with Crippen LogP contribution in [0.25, 0.3) is 6.08 Å². The van der Waals surface area contributed by atoms with Crippen molar-refractivity contribution in [1.29, 1.82) is 0 Å². The molecule has 0 aliphatic carbocycles. The Hall–Kier alpha value is -3.08. The molecule has 5 nitrogen and oxygen atoms in total. The summed E-state index contributed by atoms with van der Waals surface area (Å²) >= 11 is 0. The Balaban J connectivity index is 2.11. The number of esters is 1. The second-order valence-electron chi connectivity index (χ2n) is 5.25. The van der Waals surface area contributed by atoms with Crippen molar-refractivity contribution in [1.82, 2.24) is 0 Å². The zero-order valence-electron chi connectivity index (χ0n) is 14.3. The lowest BCUT2D eigenvalue weighted by Crippen LogP contribution is -2.12. The van der Waals surface area contributed by atoms with E-state index in [0.29, 0.717) is 17.9 Å². The van der Waals surface area contributed by atoms with Crippen LogP contribution < -0.4 is 10.1 Å². The topological polar surface area (TPSA) is 64.6 Å². The largest absolute Gasteiger partial charge is 0.493 e. The van der Waals surface area contributed by atoms with Crippen LogP contribution in [0.1, 0.15) is 29.3 Å². The number of benzene rings is 2. The lowest BCUT2D eigenvalue weighted by molar-refractivity contribution is -0.111. The lowest BCUT2D eigenvalue weighted by atomic mass is 10.1. The summed E-state index contributed by atoms with van der Waals surface area (Å²) in [6.45, 7) is 2.65. The predicted octanol–water partition coefficient (Wildman–Crippen LogP) is 3.91. The van der Waals surface area contributed by atoms with Gasteiger partial charge in [-0.2, -0.15) is 0 Å². The van der Waals surface area contributed by atoms with Gasteiger partial charge < -0.3 is 14.8 Å². The third kappa shape index (κ3) is 5.21. The summed E-state index contributed by atoms with van der Waals surface area (Å²) in [6.07, 6.45) is 3.99. The molecule has 0 spiro atoms. The number of amides is 1. The summed E-state index contributed by atoms with van der Waals surface area (Å²) < 4.78 is 10.4. The Morgan fingerprint density at radius 3 is 2.56 bits per heavy atom. The van der Waals surface area contributed by atoms with Crippen molar-refractivity contribution < 1.29 is 19.1 Å². The number of carbonyl (C=O) groups excluding carboxylic acids is 2. The van der Waals surface area contributed by atoms with Gasteiger partial charge in [-0.15, -0.1) is 0 Å². The van der Waals surface area contributed by atoms with E-state index >= 15 is 0 Å². The van der Waals surface area contributed by atoms with Crippen molar-refractivity contribution in [3.63, 3.8) is 0 Å². The zero-order valence-corrected chi connectivity index (χ0v) is 14.3. The van der Waals surface area contributed by atoms with Gasteiger partial charge in [-0.1, -0.05) is 37.3 Å². The molecular formula is C20H21NO4. The highest BCUT2D eigenvalue weighted by Crippen LogP contribution is 2.20. The highest BCUT2D eigenvalue weighted by Gasteiger charge is 2.12. The lowest BCUT2D eigenvalue weighted by Gasteiger charge is -2.09. The monoisotopic (exact) mass is 339 g/mol. The average molecular weight is 339 g/mol. The molecule has 1 N–H and O–H groups in total. The van der Waals surface area contributed by atoms with E-state index < -0.39 is 5.97 Å². The summed E-state index contributed by atoms with van der Waals surface area (Å²) in [5, 5.41) is 2.69. The van der Waals surface area contributed by atoms with Gasteiger partial charge in [0.2, 0.25) is 5.91 Å². The molecule has 25 heavy (non-hydrogen) atoms. The Morgan fingerprint density at radius 2 is 1.80 bits per heavy atom. The van der Waals surface area contributed by atoms with Crippen LogP contribution in [0.15, 0.2) is 54.6 Å². The van der Waals surface area contributed by atoms with Crippen LogP contribution >= 0.6 is 0 Å². The molecule has 5 heteroatoms. The molecule has 0 fully saturated rings. The molecule has 0 aliphatic heterocycles. The fraction of sp³-hybridized carbons (Fsp3) is 0.200. The summed E-state index contributed by atoms with van der Waals surface area (Å²) in [5.41, 5.74) is 1.52. The van der Waals surface area contributed by atoms with Gasteiger partial charge in [-0.05, 0) is 30.7 Å². The van der Waals surface area contributed by atoms with Gasteiger partial charge in [-0.25, -0.2) is 4.79 Å². The van der Waals surface area contributed by atoms with E-state index in [0.717, 1.165) is 17.7 Å². The molecule has 0 unspecified atom stereocenters. The molecule has 0 bridgehead atoms. The molecule has 0 saturated carbocycles. The van der Waals surface area contributed by atoms with Crippen molar-refractivity contribution in [2.75, 3.05) is 19.0 Å². The highest BCUT2D eigenvalue weighted by molar-refractivity contribution is 6.06. The number of hydrogen-bond acceptors (Lipinski definition) is 4. The molecule has 0 saturated heterocycles. The van der Waals surface area contributed by atoms with Gasteiger partial charge in [0.1, 0.15) is 5.75 Å². The third-order valence-corrected chi connectivity index (χ3v) is 3.39. The van der Waals surface area contributed by atoms with Crippen molar-refractivity contribution >= 4 is 23.6 Å². The first-order valence-corrected chi connectivity index (χ1v) is 8.04. The van der Waals surface area contributed by atoms with Crippen LogP contribution in [0.4, 0.5) is 5.69 Å². The molecule has 0 aliphatic rings. The molecular weight excluding hydrogens is 318 g/mol. The minimum Gasteiger partial charge on any atom is -0.493 e. The molecule has 0 aromatic heterocycles. The minimum absolute atomic E-state index is 0.304. The standard InChI is InChI=1S/C20H21NO4/c1-3-14-25-18-11-7-4-8-15(18)12-13-19(22)21-17-10-6-5-9-16(17)20(23)24-2/h4-13H,3,14H2,1-2H3,(H,21,22). The zero-order chi connectivity index (χ0) is 18.1. The summed E-state index contributed by atoms with van der Waals surface area (Å²) in [4.78, 5) is 23.9. The fourth-order valence-corrected chi connectivity index (χ4v) is 2.18. The van der Waals surface area contributed by atoms with Crippen molar-refractivity contribution in [2.45, 2.75) is 13.3 Å². The number of rotatable bonds is 7. The molecule has 0 heterocycles. The minimum atomic E-state index is -0.502. The first-order valence-electron chi connectivity index (χ1n) is 8.04. The average Bonchev–Trinajstić information content (AvgIpc) is 2.65. The van der Waals surface area contributed by atoms with E-state index in [1.54, 1.807) is 30.3 Å². The summed E-state index contributed by atoms with van der Waals surface area (Å²) in [5.74, 6) is -0.122. The highest BCUT2D eigenvalue weighted by atomic mass is 16.5. The molecule has 0 atom stereocenters. The van der Waals surface area contributed by atoms with Gasteiger partial charge in [0, 0.05) is 11.6 Å². The molecule has 130 valence electrons. The number of anilines is 1. The Labute approximate surface area is 147 Å². The number of methoxy groups -OCH3 is 1. The molecule has 2 rings (SSSR count). The maximum atomic E-state index is 12.2. The van der Waals surface area contributed by atoms with Crippen molar-refractivity contribution in [3.8, 4) is 5.75 Å². The van der Waals surface area contributed by atoms with Crippen LogP contribution in [0, 0.1) is 0 Å².